The number of anilines is 1. The van der Waals surface area contributed by atoms with Crippen molar-refractivity contribution in [1.29, 1.82) is 0 Å². The van der Waals surface area contributed by atoms with E-state index in [9.17, 15) is 14.4 Å². The fourth-order valence-electron chi connectivity index (χ4n) is 1.80. The zero-order valence-electron chi connectivity index (χ0n) is 14.0. The number of urea groups is 1. The molecule has 0 aliphatic heterocycles. The number of aliphatic hydroxyl groups is 1. The summed E-state index contributed by atoms with van der Waals surface area (Å²) in [5.74, 6) is -1.43. The highest BCUT2D eigenvalue weighted by atomic mass is 16.5. The Morgan fingerprint density at radius 3 is 2.46 bits per heavy atom. The van der Waals surface area contributed by atoms with E-state index in [1.807, 2.05) is 0 Å². The van der Waals surface area contributed by atoms with Crippen LogP contribution in [0.1, 0.15) is 31.1 Å². The number of hydrogen-bond donors (Lipinski definition) is 4. The van der Waals surface area contributed by atoms with Gasteiger partial charge >= 0.3 is 12.0 Å². The minimum absolute atomic E-state index is 0.0901. The van der Waals surface area contributed by atoms with Crippen molar-refractivity contribution >= 4 is 23.6 Å². The van der Waals surface area contributed by atoms with Gasteiger partial charge in [0.15, 0.2) is 6.10 Å². The van der Waals surface area contributed by atoms with E-state index in [1.165, 1.54) is 13.0 Å². The lowest BCUT2D eigenvalue weighted by molar-refractivity contribution is -0.127. The quantitative estimate of drug-likeness (QED) is 0.549. The van der Waals surface area contributed by atoms with Gasteiger partial charge in [0.05, 0.1) is 12.2 Å². The number of imide groups is 1. The first-order valence-electron chi connectivity index (χ1n) is 7.61. The van der Waals surface area contributed by atoms with Crippen molar-refractivity contribution in [2.75, 3.05) is 18.5 Å². The van der Waals surface area contributed by atoms with Crippen molar-refractivity contribution in [3.05, 3.63) is 29.8 Å². The standard InChI is InChI=1S/C16H23N3O5/c1-10(2)18-16(23)19-14(21)11(3)24-15(22)12-6-4-5-7-13(12)17-8-9-20/h4-7,10-11,17,20H,8-9H2,1-3H3,(H2,18,19,21,23). The molecule has 24 heavy (non-hydrogen) atoms. The number of ether oxygens (including phenoxy) is 1. The maximum Gasteiger partial charge on any atom is 0.341 e. The van der Waals surface area contributed by atoms with E-state index in [0.29, 0.717) is 5.69 Å². The van der Waals surface area contributed by atoms with Gasteiger partial charge in [-0.1, -0.05) is 12.1 Å². The second-order valence-electron chi connectivity index (χ2n) is 5.36. The number of hydrogen-bond acceptors (Lipinski definition) is 6. The van der Waals surface area contributed by atoms with Crippen LogP contribution < -0.4 is 16.0 Å². The van der Waals surface area contributed by atoms with Gasteiger partial charge in [0.2, 0.25) is 0 Å². The fraction of sp³-hybridized carbons (Fsp3) is 0.438. The van der Waals surface area contributed by atoms with E-state index in [-0.39, 0.29) is 24.8 Å². The first kappa shape index (κ1) is 19.4. The Bertz CT molecular complexity index is 589. The molecule has 0 heterocycles. The van der Waals surface area contributed by atoms with Crippen LogP contribution in [-0.2, 0) is 9.53 Å². The van der Waals surface area contributed by atoms with Crippen LogP contribution in [0.4, 0.5) is 10.5 Å². The lowest BCUT2D eigenvalue weighted by Crippen LogP contribution is -2.46. The molecule has 0 fully saturated rings. The van der Waals surface area contributed by atoms with Crippen LogP contribution in [0.5, 0.6) is 0 Å². The number of nitrogens with one attached hydrogen (secondary N) is 3. The van der Waals surface area contributed by atoms with E-state index in [2.05, 4.69) is 16.0 Å². The Hall–Kier alpha value is -2.61. The zero-order chi connectivity index (χ0) is 18.1. The molecule has 0 saturated heterocycles. The molecule has 4 N–H and O–H groups in total. The normalized spacial score (nSPS) is 11.5. The summed E-state index contributed by atoms with van der Waals surface area (Å²) < 4.78 is 5.09. The van der Waals surface area contributed by atoms with Gasteiger partial charge in [-0.25, -0.2) is 9.59 Å². The highest BCUT2D eigenvalue weighted by Gasteiger charge is 2.22. The van der Waals surface area contributed by atoms with E-state index in [1.54, 1.807) is 32.0 Å². The molecule has 0 spiro atoms. The zero-order valence-corrected chi connectivity index (χ0v) is 14.0. The molecule has 0 bridgehead atoms. The summed E-state index contributed by atoms with van der Waals surface area (Å²) in [6, 6.07) is 5.80. The summed E-state index contributed by atoms with van der Waals surface area (Å²) >= 11 is 0. The average Bonchev–Trinajstić information content (AvgIpc) is 2.52. The molecular formula is C16H23N3O5. The van der Waals surface area contributed by atoms with Gasteiger partial charge < -0.3 is 20.5 Å². The molecule has 3 amide bonds. The predicted octanol–water partition coefficient (Wildman–Crippen LogP) is 0.870. The summed E-state index contributed by atoms with van der Waals surface area (Å²) in [5.41, 5.74) is 0.721. The van der Waals surface area contributed by atoms with Crippen LogP contribution in [0.2, 0.25) is 0 Å². The molecule has 1 unspecified atom stereocenters. The fourth-order valence-corrected chi connectivity index (χ4v) is 1.80. The van der Waals surface area contributed by atoms with E-state index in [4.69, 9.17) is 9.84 Å². The number of para-hydroxylation sites is 1. The number of carbonyl (C=O) groups is 3. The van der Waals surface area contributed by atoms with Gasteiger partial charge in [0, 0.05) is 18.3 Å². The Kier molecular flexibility index (Phi) is 7.70. The minimum atomic E-state index is -1.14. The van der Waals surface area contributed by atoms with Gasteiger partial charge in [-0.05, 0) is 32.9 Å². The summed E-state index contributed by atoms with van der Waals surface area (Å²) in [7, 11) is 0. The van der Waals surface area contributed by atoms with Crippen molar-refractivity contribution in [3.8, 4) is 0 Å². The molecule has 0 aromatic heterocycles. The Balaban J connectivity index is 2.67. The molecule has 0 aliphatic carbocycles. The Morgan fingerprint density at radius 2 is 1.83 bits per heavy atom. The lowest BCUT2D eigenvalue weighted by atomic mass is 10.2. The molecule has 132 valence electrons. The molecule has 8 heteroatoms. The first-order valence-corrected chi connectivity index (χ1v) is 7.61. The van der Waals surface area contributed by atoms with Gasteiger partial charge in [-0.3, -0.25) is 10.1 Å². The third kappa shape index (κ3) is 6.25. The van der Waals surface area contributed by atoms with Crippen LogP contribution in [-0.4, -0.2) is 48.3 Å². The average molecular weight is 337 g/mol. The van der Waals surface area contributed by atoms with Crippen LogP contribution in [0, 0.1) is 0 Å². The molecule has 0 radical (unpaired) electrons. The largest absolute Gasteiger partial charge is 0.449 e. The number of aliphatic hydroxyl groups excluding tert-OH is 1. The van der Waals surface area contributed by atoms with Crippen LogP contribution in [0.15, 0.2) is 24.3 Å². The van der Waals surface area contributed by atoms with Gasteiger partial charge in [0.25, 0.3) is 5.91 Å². The van der Waals surface area contributed by atoms with Crippen LogP contribution in [0.25, 0.3) is 0 Å². The second kappa shape index (κ2) is 9.51. The van der Waals surface area contributed by atoms with Crippen molar-refractivity contribution in [1.82, 2.24) is 10.6 Å². The highest BCUT2D eigenvalue weighted by Crippen LogP contribution is 2.16. The van der Waals surface area contributed by atoms with Gasteiger partial charge in [0.1, 0.15) is 0 Å². The van der Waals surface area contributed by atoms with Crippen molar-refractivity contribution in [2.45, 2.75) is 32.9 Å². The lowest BCUT2D eigenvalue weighted by Gasteiger charge is -2.16. The molecule has 8 nitrogen and oxygen atoms in total. The maximum absolute atomic E-state index is 12.2. The number of esters is 1. The smallest absolute Gasteiger partial charge is 0.341 e. The van der Waals surface area contributed by atoms with E-state index < -0.39 is 24.0 Å². The summed E-state index contributed by atoms with van der Waals surface area (Å²) in [6.45, 7) is 5.07. The Morgan fingerprint density at radius 1 is 1.17 bits per heavy atom. The third-order valence-corrected chi connectivity index (χ3v) is 2.88. The van der Waals surface area contributed by atoms with Crippen LogP contribution >= 0.6 is 0 Å². The molecule has 1 aromatic rings. The topological polar surface area (TPSA) is 117 Å². The first-order chi connectivity index (χ1) is 11.3. The molecule has 1 rings (SSSR count). The van der Waals surface area contributed by atoms with Gasteiger partial charge in [-0.2, -0.15) is 0 Å². The minimum Gasteiger partial charge on any atom is -0.449 e. The molecular weight excluding hydrogens is 314 g/mol. The SMILES string of the molecule is CC(C)NC(=O)NC(=O)C(C)OC(=O)c1ccccc1NCCO. The third-order valence-electron chi connectivity index (χ3n) is 2.88. The van der Waals surface area contributed by atoms with Crippen molar-refractivity contribution < 1.29 is 24.2 Å². The van der Waals surface area contributed by atoms with Gasteiger partial charge in [-0.15, -0.1) is 0 Å². The van der Waals surface area contributed by atoms with Crippen LogP contribution in [0.3, 0.4) is 0 Å². The molecule has 0 saturated carbocycles. The van der Waals surface area contributed by atoms with E-state index >= 15 is 0 Å². The monoisotopic (exact) mass is 337 g/mol. The summed E-state index contributed by atoms with van der Waals surface area (Å²) in [5, 5.41) is 16.3. The number of carbonyl (C=O) groups excluding carboxylic acids is 3. The summed E-state index contributed by atoms with van der Waals surface area (Å²) in [4.78, 5) is 35.5. The van der Waals surface area contributed by atoms with Crippen molar-refractivity contribution in [2.24, 2.45) is 0 Å². The molecule has 0 aliphatic rings. The molecule has 1 atom stereocenters. The predicted molar refractivity (Wildman–Crippen MR) is 88.7 cm³/mol. The number of benzene rings is 1. The molecule has 1 aromatic carbocycles. The number of amides is 3. The van der Waals surface area contributed by atoms with Crippen molar-refractivity contribution in [3.63, 3.8) is 0 Å². The number of rotatable bonds is 7. The second-order valence-corrected chi connectivity index (χ2v) is 5.36. The Labute approximate surface area is 140 Å². The highest BCUT2D eigenvalue weighted by molar-refractivity contribution is 6.00. The maximum atomic E-state index is 12.2. The van der Waals surface area contributed by atoms with E-state index in [0.717, 1.165) is 0 Å². The summed E-state index contributed by atoms with van der Waals surface area (Å²) in [6.07, 6.45) is -1.14.